The van der Waals surface area contributed by atoms with Crippen LogP contribution < -0.4 is 0 Å². The summed E-state index contributed by atoms with van der Waals surface area (Å²) < 4.78 is 2.05. The number of halogens is 2. The number of nitrogens with zero attached hydrogens (tertiary/aromatic N) is 2. The van der Waals surface area contributed by atoms with Crippen molar-refractivity contribution in [3.05, 3.63) is 64.4 Å². The second-order valence-corrected chi connectivity index (χ2v) is 5.78. The van der Waals surface area contributed by atoms with Crippen molar-refractivity contribution in [1.29, 1.82) is 0 Å². The highest BCUT2D eigenvalue weighted by Crippen LogP contribution is 2.31. The molecule has 0 spiro atoms. The second-order valence-electron chi connectivity index (χ2n) is 4.03. The molecule has 0 radical (unpaired) electrons. The SMILES string of the molecule is Clc1cccc(Cl)c1CSc1ncc2ccccn12. The molecule has 0 saturated heterocycles. The Morgan fingerprint density at radius 2 is 1.84 bits per heavy atom. The van der Waals surface area contributed by atoms with Crippen LogP contribution in [-0.4, -0.2) is 9.38 Å². The summed E-state index contributed by atoms with van der Waals surface area (Å²) in [4.78, 5) is 4.41. The Hall–Kier alpha value is -1.16. The Balaban J connectivity index is 1.87. The third-order valence-corrected chi connectivity index (χ3v) is 4.51. The zero-order valence-corrected chi connectivity index (χ0v) is 12.2. The van der Waals surface area contributed by atoms with Crippen LogP contribution in [0, 0.1) is 0 Å². The second kappa shape index (κ2) is 5.45. The van der Waals surface area contributed by atoms with E-state index in [1.54, 1.807) is 11.8 Å². The molecule has 0 bridgehead atoms. The van der Waals surface area contributed by atoms with Gasteiger partial charge in [-0.05, 0) is 29.8 Å². The lowest BCUT2D eigenvalue weighted by atomic mass is 10.2. The third-order valence-electron chi connectivity index (χ3n) is 2.81. The molecular weight excluding hydrogens is 299 g/mol. The van der Waals surface area contributed by atoms with Gasteiger partial charge in [0.15, 0.2) is 5.16 Å². The zero-order valence-electron chi connectivity index (χ0n) is 9.88. The van der Waals surface area contributed by atoms with Crippen molar-refractivity contribution < 1.29 is 0 Å². The molecule has 0 amide bonds. The first-order valence-electron chi connectivity index (χ1n) is 5.73. The molecular formula is C14H10Cl2N2S. The van der Waals surface area contributed by atoms with Gasteiger partial charge in [-0.3, -0.25) is 4.40 Å². The minimum Gasteiger partial charge on any atom is -0.295 e. The van der Waals surface area contributed by atoms with Gasteiger partial charge in [0.1, 0.15) is 0 Å². The number of pyridine rings is 1. The van der Waals surface area contributed by atoms with E-state index in [-0.39, 0.29) is 0 Å². The first-order valence-corrected chi connectivity index (χ1v) is 7.47. The lowest BCUT2D eigenvalue weighted by molar-refractivity contribution is 0.957. The van der Waals surface area contributed by atoms with Crippen LogP contribution in [-0.2, 0) is 5.75 Å². The van der Waals surface area contributed by atoms with Crippen LogP contribution >= 0.6 is 35.0 Å². The highest BCUT2D eigenvalue weighted by atomic mass is 35.5. The van der Waals surface area contributed by atoms with Gasteiger partial charge >= 0.3 is 0 Å². The number of hydrogen-bond donors (Lipinski definition) is 0. The van der Waals surface area contributed by atoms with Crippen molar-refractivity contribution >= 4 is 40.5 Å². The summed E-state index contributed by atoms with van der Waals surface area (Å²) in [7, 11) is 0. The van der Waals surface area contributed by atoms with E-state index < -0.39 is 0 Å². The van der Waals surface area contributed by atoms with Gasteiger partial charge in [-0.2, -0.15) is 0 Å². The molecule has 0 fully saturated rings. The Bertz CT molecular complexity index is 704. The first kappa shape index (κ1) is 12.9. The average Bonchev–Trinajstić information content (AvgIpc) is 2.82. The Kier molecular flexibility index (Phi) is 3.69. The number of hydrogen-bond acceptors (Lipinski definition) is 2. The monoisotopic (exact) mass is 308 g/mol. The number of thioether (sulfide) groups is 1. The van der Waals surface area contributed by atoms with Gasteiger partial charge in [-0.15, -0.1) is 0 Å². The summed E-state index contributed by atoms with van der Waals surface area (Å²) >= 11 is 13.9. The normalized spacial score (nSPS) is 11.1. The Morgan fingerprint density at radius 1 is 1.05 bits per heavy atom. The molecule has 96 valence electrons. The number of aromatic nitrogens is 2. The molecule has 0 aliphatic heterocycles. The van der Waals surface area contributed by atoms with E-state index in [0.717, 1.165) is 16.2 Å². The van der Waals surface area contributed by atoms with Crippen molar-refractivity contribution in [3.63, 3.8) is 0 Å². The van der Waals surface area contributed by atoms with Crippen molar-refractivity contribution in [3.8, 4) is 0 Å². The quantitative estimate of drug-likeness (QED) is 0.638. The molecule has 0 N–H and O–H groups in total. The van der Waals surface area contributed by atoms with Crippen molar-refractivity contribution in [2.45, 2.75) is 10.9 Å². The average molecular weight is 309 g/mol. The summed E-state index contributed by atoms with van der Waals surface area (Å²) in [5.41, 5.74) is 2.03. The highest BCUT2D eigenvalue weighted by molar-refractivity contribution is 7.98. The van der Waals surface area contributed by atoms with E-state index in [9.17, 15) is 0 Å². The predicted molar refractivity (Wildman–Crippen MR) is 81.2 cm³/mol. The molecule has 2 heterocycles. The fourth-order valence-electron chi connectivity index (χ4n) is 1.83. The molecule has 19 heavy (non-hydrogen) atoms. The van der Waals surface area contributed by atoms with Crippen LogP contribution in [0.25, 0.3) is 5.52 Å². The number of fused-ring (bicyclic) bond motifs is 1. The number of benzene rings is 1. The first-order chi connectivity index (χ1) is 9.25. The van der Waals surface area contributed by atoms with Gasteiger partial charge in [-0.25, -0.2) is 4.98 Å². The van der Waals surface area contributed by atoms with Crippen LogP contribution in [0.1, 0.15) is 5.56 Å². The van der Waals surface area contributed by atoms with E-state index in [0.29, 0.717) is 15.8 Å². The smallest absolute Gasteiger partial charge is 0.172 e. The molecule has 2 aromatic heterocycles. The molecule has 1 aromatic carbocycles. The summed E-state index contributed by atoms with van der Waals surface area (Å²) in [6, 6.07) is 11.6. The van der Waals surface area contributed by atoms with E-state index in [1.165, 1.54) is 0 Å². The Labute approximate surface area is 125 Å². The molecule has 0 saturated carbocycles. The summed E-state index contributed by atoms with van der Waals surface area (Å²) in [5.74, 6) is 0.701. The lowest BCUT2D eigenvalue weighted by Crippen LogP contribution is -1.89. The number of rotatable bonds is 3. The molecule has 3 aromatic rings. The standard InChI is InChI=1S/C14H10Cl2N2S/c15-12-5-3-6-13(16)11(12)9-19-14-17-8-10-4-1-2-7-18(10)14/h1-8H,9H2. The molecule has 2 nitrogen and oxygen atoms in total. The largest absolute Gasteiger partial charge is 0.295 e. The van der Waals surface area contributed by atoms with Gasteiger partial charge in [0.2, 0.25) is 0 Å². The molecule has 0 atom stereocenters. The van der Waals surface area contributed by atoms with Crippen LogP contribution in [0.15, 0.2) is 53.9 Å². The molecule has 5 heteroatoms. The van der Waals surface area contributed by atoms with Crippen LogP contribution in [0.2, 0.25) is 10.0 Å². The maximum absolute atomic E-state index is 6.16. The van der Waals surface area contributed by atoms with Gasteiger partial charge in [0, 0.05) is 22.0 Å². The summed E-state index contributed by atoms with van der Waals surface area (Å²) in [5, 5.41) is 2.33. The van der Waals surface area contributed by atoms with E-state index in [4.69, 9.17) is 23.2 Å². The van der Waals surface area contributed by atoms with Crippen molar-refractivity contribution in [2.75, 3.05) is 0 Å². The molecule has 0 aliphatic carbocycles. The number of imidazole rings is 1. The van der Waals surface area contributed by atoms with E-state index in [1.807, 2.05) is 48.8 Å². The van der Waals surface area contributed by atoms with Gasteiger partial charge in [-0.1, -0.05) is 47.1 Å². The lowest BCUT2D eigenvalue weighted by Gasteiger charge is -2.06. The third kappa shape index (κ3) is 2.59. The van der Waals surface area contributed by atoms with Gasteiger partial charge in [0.05, 0.1) is 11.7 Å². The molecule has 0 aliphatic rings. The molecule has 3 rings (SSSR count). The van der Waals surface area contributed by atoms with Crippen LogP contribution in [0.3, 0.4) is 0 Å². The summed E-state index contributed by atoms with van der Waals surface area (Å²) in [6.07, 6.45) is 3.86. The maximum atomic E-state index is 6.16. The fourth-order valence-corrected chi connectivity index (χ4v) is 3.54. The van der Waals surface area contributed by atoms with Crippen LogP contribution in [0.5, 0.6) is 0 Å². The van der Waals surface area contributed by atoms with E-state index in [2.05, 4.69) is 9.38 Å². The maximum Gasteiger partial charge on any atom is 0.172 e. The van der Waals surface area contributed by atoms with Crippen molar-refractivity contribution in [1.82, 2.24) is 9.38 Å². The predicted octanol–water partition coefficient (Wildman–Crippen LogP) is 4.93. The zero-order chi connectivity index (χ0) is 13.2. The van der Waals surface area contributed by atoms with Gasteiger partial charge in [0.25, 0.3) is 0 Å². The minimum absolute atomic E-state index is 0.695. The minimum atomic E-state index is 0.695. The molecule has 0 unspecified atom stereocenters. The van der Waals surface area contributed by atoms with Crippen molar-refractivity contribution in [2.24, 2.45) is 0 Å². The van der Waals surface area contributed by atoms with E-state index >= 15 is 0 Å². The van der Waals surface area contributed by atoms with Crippen LogP contribution in [0.4, 0.5) is 0 Å². The Morgan fingerprint density at radius 3 is 2.63 bits per heavy atom. The highest BCUT2D eigenvalue weighted by Gasteiger charge is 2.08. The fraction of sp³-hybridized carbons (Fsp3) is 0.0714. The van der Waals surface area contributed by atoms with Gasteiger partial charge < -0.3 is 0 Å². The topological polar surface area (TPSA) is 17.3 Å². The summed E-state index contributed by atoms with van der Waals surface area (Å²) in [6.45, 7) is 0.